The van der Waals surface area contributed by atoms with Crippen molar-refractivity contribution in [3.63, 3.8) is 0 Å². The number of urea groups is 1. The van der Waals surface area contributed by atoms with Gasteiger partial charge in [-0.2, -0.15) is 11.8 Å². The summed E-state index contributed by atoms with van der Waals surface area (Å²) in [6.07, 6.45) is 9.50. The van der Waals surface area contributed by atoms with Crippen LogP contribution in [0.2, 0.25) is 0 Å². The molecule has 24 heavy (non-hydrogen) atoms. The third-order valence-electron chi connectivity index (χ3n) is 6.10. The third kappa shape index (κ3) is 3.86. The molecule has 4 rings (SSSR count). The molecular formula is C18H30N2O3S. The second kappa shape index (κ2) is 7.83. The van der Waals surface area contributed by atoms with Gasteiger partial charge in [0.25, 0.3) is 0 Å². The number of hydrogen-bond acceptors (Lipinski definition) is 4. The first-order valence-electron chi connectivity index (χ1n) is 9.71. The van der Waals surface area contributed by atoms with Crippen molar-refractivity contribution in [1.82, 2.24) is 10.6 Å². The SMILES string of the molecule is O=C(NC1CCC2OCCCOC2C1)NC1CSC2CCCCC12. The summed E-state index contributed by atoms with van der Waals surface area (Å²) < 4.78 is 11.8. The lowest BCUT2D eigenvalue weighted by molar-refractivity contribution is -0.0636. The molecule has 4 fully saturated rings. The van der Waals surface area contributed by atoms with Crippen molar-refractivity contribution in [2.75, 3.05) is 19.0 Å². The fourth-order valence-corrected chi connectivity index (χ4v) is 6.51. The number of hydrogen-bond donors (Lipinski definition) is 2. The Balaban J connectivity index is 1.26. The van der Waals surface area contributed by atoms with Crippen molar-refractivity contribution in [3.8, 4) is 0 Å². The lowest BCUT2D eigenvalue weighted by Crippen LogP contribution is -2.52. The maximum Gasteiger partial charge on any atom is 0.315 e. The van der Waals surface area contributed by atoms with Crippen LogP contribution in [0.3, 0.4) is 0 Å². The maximum atomic E-state index is 12.5. The maximum absolute atomic E-state index is 12.5. The van der Waals surface area contributed by atoms with Crippen molar-refractivity contribution in [3.05, 3.63) is 0 Å². The van der Waals surface area contributed by atoms with Crippen molar-refractivity contribution < 1.29 is 14.3 Å². The minimum Gasteiger partial charge on any atom is -0.375 e. The molecule has 0 aromatic rings. The Morgan fingerprint density at radius 2 is 1.75 bits per heavy atom. The molecule has 2 amide bonds. The van der Waals surface area contributed by atoms with Gasteiger partial charge < -0.3 is 20.1 Å². The molecule has 2 aliphatic carbocycles. The summed E-state index contributed by atoms with van der Waals surface area (Å²) in [5, 5.41) is 7.24. The van der Waals surface area contributed by atoms with Gasteiger partial charge in [0.1, 0.15) is 0 Å². The number of amides is 2. The molecule has 2 saturated carbocycles. The molecule has 6 heteroatoms. The number of ether oxygens (including phenoxy) is 2. The van der Waals surface area contributed by atoms with Gasteiger partial charge in [0.05, 0.1) is 12.2 Å². The molecule has 2 heterocycles. The molecule has 0 radical (unpaired) electrons. The van der Waals surface area contributed by atoms with E-state index in [-0.39, 0.29) is 24.3 Å². The Bertz CT molecular complexity index is 450. The van der Waals surface area contributed by atoms with Crippen LogP contribution in [-0.4, -0.2) is 54.5 Å². The van der Waals surface area contributed by atoms with Crippen molar-refractivity contribution in [2.24, 2.45) is 5.92 Å². The van der Waals surface area contributed by atoms with Crippen molar-refractivity contribution in [1.29, 1.82) is 0 Å². The summed E-state index contributed by atoms with van der Waals surface area (Å²) in [6.45, 7) is 1.59. The minimum atomic E-state index is 0.0183. The second-order valence-electron chi connectivity index (χ2n) is 7.73. The monoisotopic (exact) mass is 354 g/mol. The normalized spacial score (nSPS) is 42.5. The highest BCUT2D eigenvalue weighted by Crippen LogP contribution is 2.42. The van der Waals surface area contributed by atoms with E-state index < -0.39 is 0 Å². The summed E-state index contributed by atoms with van der Waals surface area (Å²) in [4.78, 5) is 12.5. The van der Waals surface area contributed by atoms with E-state index in [0.717, 1.165) is 49.9 Å². The molecule has 136 valence electrons. The van der Waals surface area contributed by atoms with Crippen LogP contribution in [0, 0.1) is 5.92 Å². The smallest absolute Gasteiger partial charge is 0.315 e. The van der Waals surface area contributed by atoms with Crippen molar-refractivity contribution >= 4 is 17.8 Å². The number of rotatable bonds is 2. The fourth-order valence-electron chi connectivity index (χ4n) is 4.81. The van der Waals surface area contributed by atoms with E-state index in [1.54, 1.807) is 0 Å². The van der Waals surface area contributed by atoms with Crippen LogP contribution in [0.4, 0.5) is 4.79 Å². The lowest BCUT2D eigenvalue weighted by atomic mass is 9.84. The Kier molecular flexibility index (Phi) is 5.54. The van der Waals surface area contributed by atoms with Crippen LogP contribution in [0.5, 0.6) is 0 Å². The highest BCUT2D eigenvalue weighted by molar-refractivity contribution is 8.00. The third-order valence-corrected chi connectivity index (χ3v) is 7.66. The molecule has 0 aromatic carbocycles. The van der Waals surface area contributed by atoms with E-state index in [0.29, 0.717) is 12.0 Å². The van der Waals surface area contributed by atoms with Gasteiger partial charge in [-0.1, -0.05) is 12.8 Å². The minimum absolute atomic E-state index is 0.0183. The number of thioether (sulfide) groups is 1. The van der Waals surface area contributed by atoms with E-state index in [4.69, 9.17) is 9.47 Å². The van der Waals surface area contributed by atoms with Crippen LogP contribution in [0.1, 0.15) is 51.4 Å². The molecule has 4 aliphatic rings. The highest BCUT2D eigenvalue weighted by atomic mass is 32.2. The summed E-state index contributed by atoms with van der Waals surface area (Å²) in [5.41, 5.74) is 0. The van der Waals surface area contributed by atoms with Gasteiger partial charge >= 0.3 is 6.03 Å². The second-order valence-corrected chi connectivity index (χ2v) is 9.00. The van der Waals surface area contributed by atoms with Crippen LogP contribution < -0.4 is 10.6 Å². The molecule has 2 saturated heterocycles. The number of fused-ring (bicyclic) bond motifs is 2. The van der Waals surface area contributed by atoms with Crippen LogP contribution in [-0.2, 0) is 9.47 Å². The Morgan fingerprint density at radius 1 is 0.917 bits per heavy atom. The lowest BCUT2D eigenvalue weighted by Gasteiger charge is -2.35. The standard InChI is InChI=1S/C18H30N2O3S/c21-18(20-14-11-24-17-5-2-1-4-13(14)17)19-12-6-7-15-16(10-12)23-9-3-8-22-15/h12-17H,1-11H2,(H2,19,20,21). The van der Waals surface area contributed by atoms with Crippen LogP contribution in [0.25, 0.3) is 0 Å². The average molecular weight is 355 g/mol. The summed E-state index contributed by atoms with van der Waals surface area (Å²) in [6, 6.07) is 0.586. The van der Waals surface area contributed by atoms with Gasteiger partial charge in [-0.3, -0.25) is 0 Å². The Labute approximate surface area is 149 Å². The molecule has 0 bridgehead atoms. The summed E-state index contributed by atoms with van der Waals surface area (Å²) in [7, 11) is 0. The topological polar surface area (TPSA) is 59.6 Å². The Morgan fingerprint density at radius 3 is 2.67 bits per heavy atom. The quantitative estimate of drug-likeness (QED) is 0.800. The zero-order valence-electron chi connectivity index (χ0n) is 14.4. The van der Waals surface area contributed by atoms with Crippen LogP contribution >= 0.6 is 11.8 Å². The first-order chi connectivity index (χ1) is 11.8. The van der Waals surface area contributed by atoms with E-state index in [2.05, 4.69) is 22.4 Å². The summed E-state index contributed by atoms with van der Waals surface area (Å²) in [5.74, 6) is 1.76. The predicted octanol–water partition coefficient (Wildman–Crippen LogP) is 2.69. The zero-order chi connectivity index (χ0) is 16.4. The van der Waals surface area contributed by atoms with Gasteiger partial charge in [0.15, 0.2) is 0 Å². The van der Waals surface area contributed by atoms with E-state index >= 15 is 0 Å². The number of nitrogens with one attached hydrogen (secondary N) is 2. The Hall–Kier alpha value is -0.460. The van der Waals surface area contributed by atoms with E-state index in [1.165, 1.54) is 25.7 Å². The molecule has 0 spiro atoms. The van der Waals surface area contributed by atoms with E-state index in [1.807, 2.05) is 0 Å². The van der Waals surface area contributed by atoms with Gasteiger partial charge in [0.2, 0.25) is 0 Å². The zero-order valence-corrected chi connectivity index (χ0v) is 15.2. The largest absolute Gasteiger partial charge is 0.375 e. The van der Waals surface area contributed by atoms with Gasteiger partial charge in [-0.25, -0.2) is 4.79 Å². The first-order valence-corrected chi connectivity index (χ1v) is 10.8. The molecule has 6 unspecified atom stereocenters. The predicted molar refractivity (Wildman–Crippen MR) is 95.4 cm³/mol. The number of carbonyl (C=O) groups excluding carboxylic acids is 1. The van der Waals surface area contributed by atoms with Crippen LogP contribution in [0.15, 0.2) is 0 Å². The summed E-state index contributed by atoms with van der Waals surface area (Å²) >= 11 is 2.06. The van der Waals surface area contributed by atoms with Gasteiger partial charge in [0, 0.05) is 36.3 Å². The molecule has 0 aromatic heterocycles. The fraction of sp³-hybridized carbons (Fsp3) is 0.944. The first kappa shape index (κ1) is 17.0. The molecule has 2 aliphatic heterocycles. The number of carbonyl (C=O) groups is 1. The average Bonchev–Trinajstić information content (AvgIpc) is 2.84. The van der Waals surface area contributed by atoms with Gasteiger partial charge in [-0.05, 0) is 44.4 Å². The highest BCUT2D eigenvalue weighted by Gasteiger charge is 2.39. The molecular weight excluding hydrogens is 324 g/mol. The molecule has 6 atom stereocenters. The van der Waals surface area contributed by atoms with Crippen molar-refractivity contribution in [2.45, 2.75) is 80.9 Å². The van der Waals surface area contributed by atoms with E-state index in [9.17, 15) is 4.79 Å². The van der Waals surface area contributed by atoms with Gasteiger partial charge in [-0.15, -0.1) is 0 Å². The molecule has 5 nitrogen and oxygen atoms in total. The molecule has 2 N–H and O–H groups in total.